The molecule has 1 aliphatic rings. The zero-order valence-electron chi connectivity index (χ0n) is 14.0. The number of benzene rings is 1. The molecule has 0 unspecified atom stereocenters. The quantitative estimate of drug-likeness (QED) is 0.177. The number of nitrogens with one attached hydrogen (secondary N) is 3. The van der Waals surface area contributed by atoms with Crippen molar-refractivity contribution in [2.45, 2.75) is 30.7 Å². The van der Waals surface area contributed by atoms with Crippen molar-refractivity contribution in [3.8, 4) is 0 Å². The maximum Gasteiger partial charge on any atom is 0.240 e. The third kappa shape index (κ3) is 7.51. The normalized spacial score (nSPS) is 15.0. The minimum Gasteiger partial charge on any atom is -0.357 e. The first-order chi connectivity index (χ1) is 11.5. The zero-order valence-corrected chi connectivity index (χ0v) is 17.9. The summed E-state index contributed by atoms with van der Waals surface area (Å²) in [5, 5.41) is 6.89. The number of halogens is 2. The van der Waals surface area contributed by atoms with Crippen LogP contribution in [0.25, 0.3) is 0 Å². The highest BCUT2D eigenvalue weighted by atomic mass is 127. The van der Waals surface area contributed by atoms with E-state index in [-0.39, 0.29) is 35.4 Å². The molecule has 0 heterocycles. The van der Waals surface area contributed by atoms with Gasteiger partial charge >= 0.3 is 0 Å². The maximum atomic E-state index is 12.2. The van der Waals surface area contributed by atoms with Gasteiger partial charge in [-0.25, -0.2) is 13.1 Å². The summed E-state index contributed by atoms with van der Waals surface area (Å²) in [6.07, 6.45) is 6.23. The summed E-state index contributed by atoms with van der Waals surface area (Å²) < 4.78 is 26.9. The van der Waals surface area contributed by atoms with E-state index in [4.69, 9.17) is 11.6 Å². The summed E-state index contributed by atoms with van der Waals surface area (Å²) in [5.41, 5.74) is 0. The van der Waals surface area contributed by atoms with E-state index in [2.05, 4.69) is 32.5 Å². The van der Waals surface area contributed by atoms with Crippen LogP contribution in [0.4, 0.5) is 0 Å². The van der Waals surface area contributed by atoms with Gasteiger partial charge in [0.15, 0.2) is 5.96 Å². The van der Waals surface area contributed by atoms with Crippen LogP contribution in [0, 0.1) is 0 Å². The number of nitrogens with zero attached hydrogens (tertiary/aromatic N) is 1. The van der Waals surface area contributed by atoms with Gasteiger partial charge in [0.2, 0.25) is 10.0 Å². The topological polar surface area (TPSA) is 82.6 Å². The van der Waals surface area contributed by atoms with E-state index < -0.39 is 10.0 Å². The van der Waals surface area contributed by atoms with Crippen LogP contribution in [0.2, 0.25) is 5.02 Å². The first-order valence-corrected chi connectivity index (χ1v) is 9.82. The Hall–Kier alpha value is -0.840. The number of hydrogen-bond donors (Lipinski definition) is 3. The van der Waals surface area contributed by atoms with Crippen molar-refractivity contribution < 1.29 is 8.42 Å². The molecule has 25 heavy (non-hydrogen) atoms. The fourth-order valence-electron chi connectivity index (χ4n) is 2.31. The van der Waals surface area contributed by atoms with Gasteiger partial charge in [-0.3, -0.25) is 4.99 Å². The largest absolute Gasteiger partial charge is 0.357 e. The van der Waals surface area contributed by atoms with E-state index in [1.165, 1.54) is 12.1 Å². The Balaban J connectivity index is 0.00000312. The van der Waals surface area contributed by atoms with Crippen LogP contribution >= 0.6 is 35.6 Å². The van der Waals surface area contributed by atoms with Gasteiger partial charge in [0.25, 0.3) is 0 Å². The first-order valence-electron chi connectivity index (χ1n) is 7.96. The summed E-state index contributed by atoms with van der Waals surface area (Å²) in [5.74, 6) is 0.702. The third-order valence-electron chi connectivity index (χ3n) is 3.47. The van der Waals surface area contributed by atoms with Crippen molar-refractivity contribution >= 4 is 51.6 Å². The molecule has 0 fully saturated rings. The molecule has 0 spiro atoms. The van der Waals surface area contributed by atoms with Crippen LogP contribution in [-0.4, -0.2) is 40.1 Å². The molecule has 0 aliphatic heterocycles. The minimum absolute atomic E-state index is 0. The molecule has 2 rings (SSSR count). The molecule has 0 amide bonds. The van der Waals surface area contributed by atoms with Crippen molar-refractivity contribution in [3.63, 3.8) is 0 Å². The molecule has 140 valence electrons. The fourth-order valence-corrected chi connectivity index (χ4v) is 3.64. The van der Waals surface area contributed by atoms with Crippen molar-refractivity contribution in [2.24, 2.45) is 4.99 Å². The summed E-state index contributed by atoms with van der Waals surface area (Å²) in [4.78, 5) is 4.56. The lowest BCUT2D eigenvalue weighted by Gasteiger charge is -2.16. The number of aliphatic imine (C=N–C) groups is 1. The average molecular weight is 499 g/mol. The van der Waals surface area contributed by atoms with E-state index in [1.54, 1.807) is 12.1 Å². The second-order valence-electron chi connectivity index (χ2n) is 5.40. The highest BCUT2D eigenvalue weighted by molar-refractivity contribution is 14.0. The van der Waals surface area contributed by atoms with Gasteiger partial charge in [0.1, 0.15) is 0 Å². The molecule has 0 saturated heterocycles. The Morgan fingerprint density at radius 2 is 2.04 bits per heavy atom. The van der Waals surface area contributed by atoms with Gasteiger partial charge in [-0.15, -0.1) is 24.0 Å². The van der Waals surface area contributed by atoms with Gasteiger partial charge in [0, 0.05) is 24.2 Å². The van der Waals surface area contributed by atoms with Crippen LogP contribution in [0.5, 0.6) is 0 Å². The molecular weight excluding hydrogens is 475 g/mol. The first kappa shape index (κ1) is 22.2. The van der Waals surface area contributed by atoms with Crippen LogP contribution in [-0.2, 0) is 10.0 Å². The monoisotopic (exact) mass is 498 g/mol. The Morgan fingerprint density at radius 1 is 1.32 bits per heavy atom. The second kappa shape index (κ2) is 11.0. The number of sulfonamides is 1. The number of guanidine groups is 1. The molecule has 0 radical (unpaired) electrons. The molecule has 3 N–H and O–H groups in total. The van der Waals surface area contributed by atoms with E-state index in [1.807, 2.05) is 6.92 Å². The summed E-state index contributed by atoms with van der Waals surface area (Å²) >= 11 is 5.83. The number of hydrogen-bond acceptors (Lipinski definition) is 3. The molecule has 0 aromatic heterocycles. The van der Waals surface area contributed by atoms with Gasteiger partial charge in [-0.05, 0) is 38.0 Å². The average Bonchev–Trinajstić information content (AvgIpc) is 3.05. The molecule has 1 aromatic rings. The summed E-state index contributed by atoms with van der Waals surface area (Å²) in [6, 6.07) is 6.53. The van der Waals surface area contributed by atoms with Gasteiger partial charge in [0.05, 0.1) is 11.4 Å². The van der Waals surface area contributed by atoms with Gasteiger partial charge in [-0.1, -0.05) is 29.8 Å². The third-order valence-corrected chi connectivity index (χ3v) is 5.17. The van der Waals surface area contributed by atoms with E-state index in [0.717, 1.165) is 19.4 Å². The van der Waals surface area contributed by atoms with Gasteiger partial charge < -0.3 is 10.6 Å². The van der Waals surface area contributed by atoms with E-state index in [0.29, 0.717) is 23.6 Å². The second-order valence-corrected chi connectivity index (χ2v) is 7.60. The smallest absolute Gasteiger partial charge is 0.240 e. The molecule has 0 saturated carbocycles. The van der Waals surface area contributed by atoms with Crippen molar-refractivity contribution in [3.05, 3.63) is 41.4 Å². The molecule has 1 aliphatic carbocycles. The van der Waals surface area contributed by atoms with Crippen LogP contribution in [0.3, 0.4) is 0 Å². The lowest BCUT2D eigenvalue weighted by Crippen LogP contribution is -2.42. The van der Waals surface area contributed by atoms with Crippen molar-refractivity contribution in [1.29, 1.82) is 0 Å². The Bertz CT molecular complexity index is 702. The number of rotatable bonds is 7. The molecule has 1 aromatic carbocycles. The highest BCUT2D eigenvalue weighted by Crippen LogP contribution is 2.14. The molecule has 6 nitrogen and oxygen atoms in total. The zero-order chi connectivity index (χ0) is 17.4. The lowest BCUT2D eigenvalue weighted by molar-refractivity contribution is 0.581. The van der Waals surface area contributed by atoms with Crippen LogP contribution in [0.15, 0.2) is 46.3 Å². The van der Waals surface area contributed by atoms with Crippen molar-refractivity contribution in [2.75, 3.05) is 19.6 Å². The molecule has 9 heteroatoms. The molecule has 0 bridgehead atoms. The van der Waals surface area contributed by atoms with Gasteiger partial charge in [-0.2, -0.15) is 0 Å². The predicted octanol–water partition coefficient (Wildman–Crippen LogP) is 2.51. The minimum atomic E-state index is -3.57. The maximum absolute atomic E-state index is 12.2. The highest BCUT2D eigenvalue weighted by Gasteiger charge is 2.14. The SMILES string of the molecule is CCNC(=NCCNS(=O)(=O)c1cccc(Cl)c1)NC1CC=CC1.I. The molecular formula is C16H24ClIN4O2S. The Morgan fingerprint density at radius 3 is 2.68 bits per heavy atom. The Kier molecular flexibility index (Phi) is 9.77. The van der Waals surface area contributed by atoms with E-state index >= 15 is 0 Å². The van der Waals surface area contributed by atoms with Crippen molar-refractivity contribution in [1.82, 2.24) is 15.4 Å². The Labute approximate surface area is 171 Å². The summed E-state index contributed by atoms with van der Waals surface area (Å²) in [7, 11) is -3.57. The lowest BCUT2D eigenvalue weighted by atomic mass is 10.2. The predicted molar refractivity (Wildman–Crippen MR) is 113 cm³/mol. The van der Waals surface area contributed by atoms with Crippen LogP contribution in [0.1, 0.15) is 19.8 Å². The summed E-state index contributed by atoms with van der Waals surface area (Å²) in [6.45, 7) is 3.30. The fraction of sp³-hybridized carbons (Fsp3) is 0.438. The van der Waals surface area contributed by atoms with Crippen LogP contribution < -0.4 is 15.4 Å². The van der Waals surface area contributed by atoms with E-state index in [9.17, 15) is 8.42 Å². The molecule has 0 atom stereocenters. The standard InChI is InChI=1S/C16H23ClN4O2S.HI/c1-2-18-16(21-14-7-3-4-8-14)19-10-11-20-24(22,23)15-9-5-6-13(17)12-15;/h3-6,9,12,14,20H,2,7-8,10-11H2,1H3,(H2,18,19,21);1H.